The van der Waals surface area contributed by atoms with Gasteiger partial charge in [0.2, 0.25) is 0 Å². The summed E-state index contributed by atoms with van der Waals surface area (Å²) in [6.07, 6.45) is 1.77. The minimum absolute atomic E-state index is 0.231. The van der Waals surface area contributed by atoms with Crippen molar-refractivity contribution in [2.45, 2.75) is 0 Å². The van der Waals surface area contributed by atoms with E-state index in [9.17, 15) is 5.11 Å². The van der Waals surface area contributed by atoms with Gasteiger partial charge in [0.1, 0.15) is 5.75 Å². The molecule has 17 heavy (non-hydrogen) atoms. The molecule has 0 aliphatic rings. The van der Waals surface area contributed by atoms with E-state index in [1.165, 1.54) is 0 Å². The second kappa shape index (κ2) is 3.52. The van der Waals surface area contributed by atoms with Crippen LogP contribution in [0.3, 0.4) is 0 Å². The van der Waals surface area contributed by atoms with Crippen molar-refractivity contribution in [3.05, 3.63) is 48.7 Å². The number of aromatic hydroxyl groups is 1. The number of nitrogen functional groups attached to an aromatic ring is 1. The van der Waals surface area contributed by atoms with Crippen LogP contribution < -0.4 is 5.73 Å². The first-order valence-corrected chi connectivity index (χ1v) is 5.27. The maximum atomic E-state index is 9.50. The average molecular weight is 225 g/mol. The number of fused-ring (bicyclic) bond motifs is 1. The van der Waals surface area contributed by atoms with Crippen LogP contribution in [0.5, 0.6) is 5.75 Å². The first kappa shape index (κ1) is 9.72. The third-order valence-corrected chi connectivity index (χ3v) is 2.69. The third kappa shape index (κ3) is 1.59. The van der Waals surface area contributed by atoms with Gasteiger partial charge in [0, 0.05) is 17.1 Å². The number of phenols is 1. The minimum atomic E-state index is 0.231. The molecule has 1 aromatic heterocycles. The maximum absolute atomic E-state index is 9.50. The number of benzene rings is 2. The molecule has 0 unspecified atom stereocenters. The van der Waals surface area contributed by atoms with Gasteiger partial charge in [-0.3, -0.25) is 0 Å². The largest absolute Gasteiger partial charge is 0.508 e. The van der Waals surface area contributed by atoms with E-state index in [-0.39, 0.29) is 5.75 Å². The highest BCUT2D eigenvalue weighted by molar-refractivity contribution is 5.81. The number of nitrogens with two attached hydrogens (primary N) is 1. The Labute approximate surface area is 97.9 Å². The molecule has 0 amide bonds. The van der Waals surface area contributed by atoms with E-state index in [0.29, 0.717) is 5.69 Å². The molecule has 0 bridgehead atoms. The van der Waals surface area contributed by atoms with Crippen molar-refractivity contribution >= 4 is 16.6 Å². The Kier molecular flexibility index (Phi) is 2.01. The monoisotopic (exact) mass is 225 g/mol. The average Bonchev–Trinajstić information content (AvgIpc) is 2.73. The van der Waals surface area contributed by atoms with Gasteiger partial charge in [0.25, 0.3) is 0 Å². The van der Waals surface area contributed by atoms with Crippen molar-refractivity contribution < 1.29 is 5.11 Å². The lowest BCUT2D eigenvalue weighted by molar-refractivity contribution is 0.476. The third-order valence-electron chi connectivity index (χ3n) is 2.69. The quantitative estimate of drug-likeness (QED) is 0.624. The summed E-state index contributed by atoms with van der Waals surface area (Å²) in [6, 6.07) is 12.6. The summed E-state index contributed by atoms with van der Waals surface area (Å²) in [6.45, 7) is 0. The zero-order valence-corrected chi connectivity index (χ0v) is 9.04. The predicted molar refractivity (Wildman–Crippen MR) is 67.1 cm³/mol. The number of aromatic nitrogens is 2. The highest BCUT2D eigenvalue weighted by atomic mass is 16.3. The van der Waals surface area contributed by atoms with Crippen molar-refractivity contribution in [2.24, 2.45) is 0 Å². The van der Waals surface area contributed by atoms with E-state index in [1.54, 1.807) is 23.0 Å². The number of phenolic OH excluding ortho intramolecular Hbond substituents is 1. The van der Waals surface area contributed by atoms with Gasteiger partial charge in [-0.05, 0) is 36.4 Å². The Balaban J connectivity index is 2.23. The SMILES string of the molecule is Nc1ccc(-n2ncc3ccc(O)cc32)cc1. The molecule has 0 atom stereocenters. The van der Waals surface area contributed by atoms with E-state index in [1.807, 2.05) is 30.3 Å². The number of hydrogen-bond donors (Lipinski definition) is 2. The topological polar surface area (TPSA) is 64.1 Å². The van der Waals surface area contributed by atoms with E-state index < -0.39 is 0 Å². The molecule has 4 heteroatoms. The first-order chi connectivity index (χ1) is 8.24. The number of anilines is 1. The van der Waals surface area contributed by atoms with Gasteiger partial charge in [-0.2, -0.15) is 5.10 Å². The molecule has 3 rings (SSSR count). The number of hydrogen-bond acceptors (Lipinski definition) is 3. The Morgan fingerprint density at radius 1 is 1.06 bits per heavy atom. The standard InChI is InChI=1S/C13H11N3O/c14-10-2-4-11(5-3-10)16-13-7-12(17)6-1-9(13)8-15-16/h1-8,17H,14H2. The smallest absolute Gasteiger partial charge is 0.117 e. The Hall–Kier alpha value is -2.49. The molecule has 3 N–H and O–H groups in total. The fourth-order valence-corrected chi connectivity index (χ4v) is 1.83. The molecule has 0 aliphatic heterocycles. The highest BCUT2D eigenvalue weighted by Gasteiger charge is 2.05. The van der Waals surface area contributed by atoms with Crippen LogP contribution in [0.15, 0.2) is 48.7 Å². The highest BCUT2D eigenvalue weighted by Crippen LogP contribution is 2.22. The molecule has 2 aromatic carbocycles. The van der Waals surface area contributed by atoms with E-state index in [0.717, 1.165) is 16.6 Å². The van der Waals surface area contributed by atoms with Gasteiger partial charge < -0.3 is 10.8 Å². The fraction of sp³-hybridized carbons (Fsp3) is 0. The van der Waals surface area contributed by atoms with Crippen LogP contribution in [0.2, 0.25) is 0 Å². The van der Waals surface area contributed by atoms with Crippen molar-refractivity contribution in [3.8, 4) is 11.4 Å². The van der Waals surface area contributed by atoms with Gasteiger partial charge in [-0.25, -0.2) is 4.68 Å². The van der Waals surface area contributed by atoms with Crippen molar-refractivity contribution in [1.82, 2.24) is 9.78 Å². The summed E-state index contributed by atoms with van der Waals surface area (Å²) in [4.78, 5) is 0. The molecule has 1 heterocycles. The van der Waals surface area contributed by atoms with Gasteiger partial charge in [-0.15, -0.1) is 0 Å². The second-order valence-corrected chi connectivity index (χ2v) is 3.89. The summed E-state index contributed by atoms with van der Waals surface area (Å²) < 4.78 is 1.77. The predicted octanol–water partition coefficient (Wildman–Crippen LogP) is 2.31. The molecule has 0 fully saturated rings. The summed E-state index contributed by atoms with van der Waals surface area (Å²) in [7, 11) is 0. The lowest BCUT2D eigenvalue weighted by atomic mass is 10.2. The van der Waals surface area contributed by atoms with Crippen LogP contribution in [0.25, 0.3) is 16.6 Å². The van der Waals surface area contributed by atoms with Gasteiger partial charge in [0.05, 0.1) is 17.4 Å². The molecular weight excluding hydrogens is 214 g/mol. The normalized spacial score (nSPS) is 10.8. The minimum Gasteiger partial charge on any atom is -0.508 e. The maximum Gasteiger partial charge on any atom is 0.117 e. The number of nitrogens with zero attached hydrogens (tertiary/aromatic N) is 2. The molecule has 0 aliphatic carbocycles. The zero-order chi connectivity index (χ0) is 11.8. The van der Waals surface area contributed by atoms with E-state index in [4.69, 9.17) is 5.73 Å². The molecule has 0 saturated heterocycles. The van der Waals surface area contributed by atoms with Gasteiger partial charge >= 0.3 is 0 Å². The lowest BCUT2D eigenvalue weighted by Gasteiger charge is -2.04. The first-order valence-electron chi connectivity index (χ1n) is 5.27. The Morgan fingerprint density at radius 3 is 2.59 bits per heavy atom. The molecule has 84 valence electrons. The van der Waals surface area contributed by atoms with E-state index in [2.05, 4.69) is 5.10 Å². The number of rotatable bonds is 1. The van der Waals surface area contributed by atoms with Crippen LogP contribution in [0, 0.1) is 0 Å². The summed E-state index contributed by atoms with van der Waals surface area (Å²) in [5.41, 5.74) is 8.15. The summed E-state index contributed by atoms with van der Waals surface area (Å²) >= 11 is 0. The van der Waals surface area contributed by atoms with Gasteiger partial charge in [0.15, 0.2) is 0 Å². The molecule has 0 saturated carbocycles. The Bertz CT molecular complexity index is 671. The molecule has 0 spiro atoms. The molecular formula is C13H11N3O. The molecule has 4 nitrogen and oxygen atoms in total. The van der Waals surface area contributed by atoms with Crippen molar-refractivity contribution in [2.75, 3.05) is 5.73 Å². The molecule has 3 aromatic rings. The molecule has 0 radical (unpaired) electrons. The zero-order valence-electron chi connectivity index (χ0n) is 9.04. The van der Waals surface area contributed by atoms with Crippen molar-refractivity contribution in [1.29, 1.82) is 0 Å². The second-order valence-electron chi connectivity index (χ2n) is 3.89. The van der Waals surface area contributed by atoms with Crippen LogP contribution in [-0.2, 0) is 0 Å². The van der Waals surface area contributed by atoms with Crippen molar-refractivity contribution in [3.63, 3.8) is 0 Å². The van der Waals surface area contributed by atoms with Gasteiger partial charge in [-0.1, -0.05) is 0 Å². The van der Waals surface area contributed by atoms with E-state index >= 15 is 0 Å². The van der Waals surface area contributed by atoms with Crippen LogP contribution in [-0.4, -0.2) is 14.9 Å². The lowest BCUT2D eigenvalue weighted by Crippen LogP contribution is -1.96. The van der Waals surface area contributed by atoms with Crippen LogP contribution in [0.4, 0.5) is 5.69 Å². The summed E-state index contributed by atoms with van der Waals surface area (Å²) in [5.74, 6) is 0.231. The summed E-state index contributed by atoms with van der Waals surface area (Å²) in [5, 5.41) is 14.8. The fourth-order valence-electron chi connectivity index (χ4n) is 1.83. The Morgan fingerprint density at radius 2 is 1.82 bits per heavy atom. The van der Waals surface area contributed by atoms with Crippen LogP contribution in [0.1, 0.15) is 0 Å². The van der Waals surface area contributed by atoms with Crippen LogP contribution >= 0.6 is 0 Å².